The number of carbonyl (C=O) groups excluding carboxylic acids is 2. The van der Waals surface area contributed by atoms with Crippen LogP contribution in [0.5, 0.6) is 0 Å². The van der Waals surface area contributed by atoms with Gasteiger partial charge < -0.3 is 18.9 Å². The summed E-state index contributed by atoms with van der Waals surface area (Å²) in [5.41, 5.74) is 0. The molecule has 0 aromatic carbocycles. The zero-order valence-corrected chi connectivity index (χ0v) is 66.0. The van der Waals surface area contributed by atoms with Gasteiger partial charge in [0.05, 0.1) is 27.7 Å². The van der Waals surface area contributed by atoms with Crippen molar-refractivity contribution >= 4 is 19.8 Å². The predicted molar refractivity (Wildman–Crippen MR) is 423 cm³/mol. The molecule has 0 heterocycles. The average molecular weight is 1380 g/mol. The minimum absolute atomic E-state index is 0.0338. The number of quaternary nitrogens is 1. The van der Waals surface area contributed by atoms with Crippen molar-refractivity contribution in [2.75, 3.05) is 47.5 Å². The number of allylic oxidation sites excluding steroid dienone is 12. The maximum atomic E-state index is 12.9. The molecule has 9 nitrogen and oxygen atoms in total. The highest BCUT2D eigenvalue weighted by Gasteiger charge is 2.27. The Balaban J connectivity index is 3.89. The van der Waals surface area contributed by atoms with Gasteiger partial charge in [0, 0.05) is 12.8 Å². The maximum Gasteiger partial charge on any atom is 0.472 e. The predicted octanol–water partition coefficient (Wildman–Crippen LogP) is 28.2. The lowest BCUT2D eigenvalue weighted by molar-refractivity contribution is -0.870. The molecule has 10 heteroatoms. The highest BCUT2D eigenvalue weighted by atomic mass is 31.2. The second-order valence-electron chi connectivity index (χ2n) is 29.8. The number of unbranched alkanes of at least 4 members (excludes halogenated alkanes) is 53. The molecule has 0 aliphatic rings. The van der Waals surface area contributed by atoms with Gasteiger partial charge in [0.15, 0.2) is 6.10 Å². The first-order valence-corrected chi connectivity index (χ1v) is 43.7. The quantitative estimate of drug-likeness (QED) is 0.0211. The fourth-order valence-electron chi connectivity index (χ4n) is 12.6. The highest BCUT2D eigenvalue weighted by Crippen LogP contribution is 2.43. The first-order chi connectivity index (χ1) is 47.5. The van der Waals surface area contributed by atoms with Crippen molar-refractivity contribution < 1.29 is 42.1 Å². The summed E-state index contributed by atoms with van der Waals surface area (Å²) >= 11 is 0. The zero-order chi connectivity index (χ0) is 70.4. The van der Waals surface area contributed by atoms with Crippen LogP contribution in [-0.2, 0) is 32.7 Å². The van der Waals surface area contributed by atoms with E-state index in [1.807, 2.05) is 21.1 Å². The molecule has 0 amide bonds. The largest absolute Gasteiger partial charge is 0.472 e. The number of hydrogen-bond acceptors (Lipinski definition) is 7. The first kappa shape index (κ1) is 94.5. The number of likely N-dealkylation sites (N-methyl/N-ethyl adjacent to an activating group) is 1. The SMILES string of the molecule is CC/C=C\C/C=C\C/C=C\C/C=C\C/C=C\C/C=C\CCCCCCCCCCCCCCCCCCCCCCC(=O)OC(COC(=O)CCCCCCCCCCCCCCCCCCCCCCCCCCCCCCCCCCCC)COP(=O)(O)OCC[N+](C)(C)C. The second kappa shape index (κ2) is 77.6. The summed E-state index contributed by atoms with van der Waals surface area (Å²) in [5.74, 6) is -0.773. The molecule has 0 aromatic rings. The Morgan fingerprint density at radius 1 is 0.330 bits per heavy atom. The molecule has 0 saturated carbocycles. The highest BCUT2D eigenvalue weighted by molar-refractivity contribution is 7.47. The monoisotopic (exact) mass is 1380 g/mol. The Kier molecular flexibility index (Phi) is 75.6. The molecule has 0 aromatic heterocycles. The lowest BCUT2D eigenvalue weighted by atomic mass is 10.0. The summed E-state index contributed by atoms with van der Waals surface area (Å²) < 4.78 is 34.9. The van der Waals surface area contributed by atoms with Crippen LogP contribution in [0.3, 0.4) is 0 Å². The molecule has 0 spiro atoms. The van der Waals surface area contributed by atoms with Crippen LogP contribution < -0.4 is 0 Å². The summed E-state index contributed by atoms with van der Waals surface area (Å²) in [6.45, 7) is 4.40. The molecule has 0 radical (unpaired) electrons. The van der Waals surface area contributed by atoms with E-state index in [2.05, 4.69) is 86.8 Å². The van der Waals surface area contributed by atoms with E-state index in [0.717, 1.165) is 70.6 Å². The zero-order valence-electron chi connectivity index (χ0n) is 65.1. The maximum absolute atomic E-state index is 12.9. The Bertz CT molecular complexity index is 1870. The molecule has 97 heavy (non-hydrogen) atoms. The summed E-state index contributed by atoms with van der Waals surface area (Å²) in [6, 6.07) is 0. The van der Waals surface area contributed by atoms with Crippen LogP contribution >= 0.6 is 7.82 Å². The van der Waals surface area contributed by atoms with Gasteiger partial charge in [-0.3, -0.25) is 18.6 Å². The van der Waals surface area contributed by atoms with Crippen molar-refractivity contribution in [3.63, 3.8) is 0 Å². The van der Waals surface area contributed by atoms with Crippen molar-refractivity contribution in [2.45, 2.75) is 424 Å². The van der Waals surface area contributed by atoms with Crippen LogP contribution in [0, 0.1) is 0 Å². The summed E-state index contributed by atoms with van der Waals surface area (Å²) in [4.78, 5) is 36.0. The fraction of sp³-hybridized carbons (Fsp3) is 0.839. The van der Waals surface area contributed by atoms with E-state index in [1.54, 1.807) is 0 Å². The van der Waals surface area contributed by atoms with Gasteiger partial charge in [-0.1, -0.05) is 414 Å². The van der Waals surface area contributed by atoms with Crippen molar-refractivity contribution in [3.8, 4) is 0 Å². The smallest absolute Gasteiger partial charge is 0.462 e. The molecule has 0 saturated heterocycles. The van der Waals surface area contributed by atoms with E-state index in [-0.39, 0.29) is 25.6 Å². The molecule has 0 fully saturated rings. The van der Waals surface area contributed by atoms with Gasteiger partial charge in [-0.05, 0) is 64.2 Å². The Morgan fingerprint density at radius 3 is 0.876 bits per heavy atom. The molecule has 2 atom stereocenters. The number of phosphoric ester groups is 1. The second-order valence-corrected chi connectivity index (χ2v) is 31.3. The number of carbonyl (C=O) groups is 2. The molecule has 0 aliphatic carbocycles. The minimum Gasteiger partial charge on any atom is -0.462 e. The number of phosphoric acid groups is 1. The normalized spacial score (nSPS) is 13.3. The van der Waals surface area contributed by atoms with E-state index in [1.165, 1.54) is 315 Å². The van der Waals surface area contributed by atoms with Crippen LogP contribution in [0.1, 0.15) is 418 Å². The third-order valence-corrected chi connectivity index (χ3v) is 20.0. The lowest BCUT2D eigenvalue weighted by Crippen LogP contribution is -2.37. The Morgan fingerprint density at radius 2 is 0.588 bits per heavy atom. The third kappa shape index (κ3) is 82.3. The molecule has 568 valence electrons. The summed E-state index contributed by atoms with van der Waals surface area (Å²) in [5, 5.41) is 0. The van der Waals surface area contributed by atoms with E-state index >= 15 is 0 Å². The van der Waals surface area contributed by atoms with Crippen molar-refractivity contribution in [1.29, 1.82) is 0 Å². The topological polar surface area (TPSA) is 108 Å². The van der Waals surface area contributed by atoms with Crippen LogP contribution in [0.4, 0.5) is 0 Å². The number of hydrogen-bond donors (Lipinski definition) is 1. The molecule has 0 rings (SSSR count). The fourth-order valence-corrected chi connectivity index (χ4v) is 13.4. The van der Waals surface area contributed by atoms with Crippen LogP contribution in [0.25, 0.3) is 0 Å². The number of nitrogens with zero attached hydrogens (tertiary/aromatic N) is 1. The van der Waals surface area contributed by atoms with E-state index < -0.39 is 26.5 Å². The van der Waals surface area contributed by atoms with Crippen LogP contribution in [0.15, 0.2) is 72.9 Å². The number of rotatable bonds is 79. The standard InChI is InChI=1S/C87H162NO8P/c1-6-8-10-12-14-16-18-20-22-24-26-28-30-32-34-36-38-40-42-43-44-45-46-48-50-52-54-56-58-60-62-64-66-68-70-72-74-76-78-80-87(90)96-85(84-95-97(91,92)94-82-81-88(3,4)5)83-93-86(89)79-77-75-73-71-69-67-65-63-61-59-57-55-53-51-49-47-41-39-37-35-33-31-29-27-25-23-21-19-17-15-13-11-9-7-2/h8,10,14,16,20,22,26,28,32,34,38,40,85H,6-7,9,11-13,15,17-19,21,23-25,27,29-31,33,35-37,39,41-84H2,1-5H3/p+1/b10-8-,16-14-,22-20-,28-26-,34-32-,40-38-. The first-order valence-electron chi connectivity index (χ1n) is 42.2. The van der Waals surface area contributed by atoms with E-state index in [0.29, 0.717) is 23.9 Å². The summed E-state index contributed by atoms with van der Waals surface area (Å²) in [7, 11) is 1.50. The van der Waals surface area contributed by atoms with Gasteiger partial charge in [-0.15, -0.1) is 0 Å². The Labute approximate surface area is 603 Å². The van der Waals surface area contributed by atoms with Crippen LogP contribution in [0.2, 0.25) is 0 Å². The van der Waals surface area contributed by atoms with Gasteiger partial charge in [0.25, 0.3) is 0 Å². The minimum atomic E-state index is -4.40. The molecular formula is C87H163NO8P+. The van der Waals surface area contributed by atoms with E-state index in [4.69, 9.17) is 18.5 Å². The van der Waals surface area contributed by atoms with Gasteiger partial charge in [-0.2, -0.15) is 0 Å². The van der Waals surface area contributed by atoms with Gasteiger partial charge in [0.2, 0.25) is 0 Å². The molecule has 1 N–H and O–H groups in total. The van der Waals surface area contributed by atoms with Gasteiger partial charge in [-0.25, -0.2) is 4.57 Å². The molecule has 0 bridgehead atoms. The van der Waals surface area contributed by atoms with Crippen molar-refractivity contribution in [2.24, 2.45) is 0 Å². The molecule has 0 aliphatic heterocycles. The van der Waals surface area contributed by atoms with Gasteiger partial charge >= 0.3 is 19.8 Å². The number of ether oxygens (including phenoxy) is 2. The lowest BCUT2D eigenvalue weighted by Gasteiger charge is -2.24. The summed E-state index contributed by atoms with van der Waals surface area (Å²) in [6.07, 6.45) is 106. The van der Waals surface area contributed by atoms with Crippen LogP contribution in [-0.4, -0.2) is 74.9 Å². The third-order valence-electron chi connectivity index (χ3n) is 19.0. The molecule has 2 unspecified atom stereocenters. The molecular weight excluding hydrogens is 1220 g/mol. The average Bonchev–Trinajstić information content (AvgIpc) is 1.69. The number of esters is 2. The van der Waals surface area contributed by atoms with Crippen molar-refractivity contribution in [3.05, 3.63) is 72.9 Å². The van der Waals surface area contributed by atoms with Gasteiger partial charge in [0.1, 0.15) is 19.8 Å². The van der Waals surface area contributed by atoms with Crippen molar-refractivity contribution in [1.82, 2.24) is 0 Å². The van der Waals surface area contributed by atoms with E-state index in [9.17, 15) is 19.0 Å². The Hall–Kier alpha value is -2.55.